The maximum Gasteiger partial charge on any atom is 0.279 e. The second kappa shape index (κ2) is 4.90. The lowest BCUT2D eigenvalue weighted by Crippen LogP contribution is -1.87. The van der Waals surface area contributed by atoms with Crippen LogP contribution in [-0.4, -0.2) is 7.11 Å². The van der Waals surface area contributed by atoms with Crippen molar-refractivity contribution in [1.82, 2.24) is 0 Å². The van der Waals surface area contributed by atoms with Crippen molar-refractivity contribution in [3.05, 3.63) is 52.9 Å². The predicted molar refractivity (Wildman–Crippen MR) is 77.0 cm³/mol. The maximum absolute atomic E-state index is 5.70. The molecule has 3 nitrogen and oxygen atoms in total. The number of benzene rings is 2. The molecule has 0 atom stereocenters. The first-order chi connectivity index (χ1) is 9.24. The molecule has 0 aliphatic rings. The molecule has 0 saturated carbocycles. The van der Waals surface area contributed by atoms with E-state index in [9.17, 15) is 0 Å². The van der Waals surface area contributed by atoms with Gasteiger partial charge < -0.3 is 9.15 Å². The molecule has 4 heteroatoms. The highest BCUT2D eigenvalue weighted by molar-refractivity contribution is 7.16. The first-order valence-electron chi connectivity index (χ1n) is 5.94. The molecule has 0 N–H and O–H groups in total. The van der Waals surface area contributed by atoms with Crippen molar-refractivity contribution in [1.29, 1.82) is 0 Å². The summed E-state index contributed by atoms with van der Waals surface area (Å²) in [6, 6.07) is 13.7. The zero-order chi connectivity index (χ0) is 13.2. The van der Waals surface area contributed by atoms with Gasteiger partial charge in [0, 0.05) is 0 Å². The quantitative estimate of drug-likeness (QED) is 0.705. The van der Waals surface area contributed by atoms with Gasteiger partial charge in [-0.05, 0) is 48.9 Å². The second-order valence-corrected chi connectivity index (χ2v) is 5.22. The minimum atomic E-state index is 0.658. The normalized spacial score (nSPS) is 12.0. The molecule has 3 rings (SSSR count). The van der Waals surface area contributed by atoms with Crippen molar-refractivity contribution in [2.24, 2.45) is 4.99 Å². The summed E-state index contributed by atoms with van der Waals surface area (Å²) >= 11 is 1.55. The number of fused-ring (bicyclic) bond motifs is 1. The summed E-state index contributed by atoms with van der Waals surface area (Å²) in [6.45, 7) is 2.07. The number of methoxy groups -OCH3 is 1. The van der Waals surface area contributed by atoms with Crippen LogP contribution >= 0.6 is 11.3 Å². The Labute approximate surface area is 114 Å². The lowest BCUT2D eigenvalue weighted by Gasteiger charge is -1.97. The van der Waals surface area contributed by atoms with E-state index in [1.54, 1.807) is 18.4 Å². The topological polar surface area (TPSA) is 34.7 Å². The lowest BCUT2D eigenvalue weighted by molar-refractivity contribution is 0.415. The summed E-state index contributed by atoms with van der Waals surface area (Å²) in [7, 11) is 1.65. The van der Waals surface area contributed by atoms with Crippen LogP contribution in [0, 0.1) is 6.92 Å². The minimum Gasteiger partial charge on any atom is -0.497 e. The first-order valence-corrected chi connectivity index (χ1v) is 6.75. The largest absolute Gasteiger partial charge is 0.497 e. The SMILES string of the molecule is COc1ccc(N=c2oc3ccc(C)cc3s2)cc1. The van der Waals surface area contributed by atoms with E-state index in [2.05, 4.69) is 18.0 Å². The molecule has 19 heavy (non-hydrogen) atoms. The average Bonchev–Trinajstić information content (AvgIpc) is 2.81. The number of nitrogens with zero attached hydrogens (tertiary/aromatic N) is 1. The van der Waals surface area contributed by atoms with Crippen LogP contribution < -0.4 is 9.60 Å². The van der Waals surface area contributed by atoms with Gasteiger partial charge in [-0.2, -0.15) is 0 Å². The van der Waals surface area contributed by atoms with Gasteiger partial charge in [-0.25, -0.2) is 4.99 Å². The molecule has 1 aromatic heterocycles. The van der Waals surface area contributed by atoms with Crippen LogP contribution in [-0.2, 0) is 0 Å². The van der Waals surface area contributed by atoms with Gasteiger partial charge in [-0.3, -0.25) is 0 Å². The summed E-state index contributed by atoms with van der Waals surface area (Å²) in [5, 5.41) is 0. The third-order valence-corrected chi connectivity index (χ3v) is 3.67. The average molecular weight is 271 g/mol. The Balaban J connectivity index is 2.04. The first kappa shape index (κ1) is 12.0. The summed E-state index contributed by atoms with van der Waals surface area (Å²) in [4.78, 5) is 5.14. The predicted octanol–water partition coefficient (Wildman–Crippen LogP) is 4.04. The molecule has 0 fully saturated rings. The van der Waals surface area contributed by atoms with Crippen LogP contribution in [0.2, 0.25) is 0 Å². The highest BCUT2D eigenvalue weighted by Crippen LogP contribution is 2.20. The Bertz CT molecular complexity index is 769. The van der Waals surface area contributed by atoms with Crippen LogP contribution in [0.15, 0.2) is 51.9 Å². The van der Waals surface area contributed by atoms with Crippen molar-refractivity contribution in [3.8, 4) is 5.75 Å². The third kappa shape index (κ3) is 2.53. The Morgan fingerprint density at radius 2 is 1.89 bits per heavy atom. The summed E-state index contributed by atoms with van der Waals surface area (Å²) in [5.74, 6) is 0.822. The zero-order valence-corrected chi connectivity index (χ0v) is 11.5. The molecule has 0 radical (unpaired) electrons. The van der Waals surface area contributed by atoms with Crippen LogP contribution in [0.25, 0.3) is 10.3 Å². The summed E-state index contributed by atoms with van der Waals surface area (Å²) in [5.41, 5.74) is 2.95. The van der Waals surface area contributed by atoms with E-state index in [4.69, 9.17) is 9.15 Å². The molecule has 0 bridgehead atoms. The second-order valence-electron chi connectivity index (χ2n) is 4.23. The van der Waals surface area contributed by atoms with E-state index >= 15 is 0 Å². The van der Waals surface area contributed by atoms with Crippen LogP contribution in [0.4, 0.5) is 5.69 Å². The van der Waals surface area contributed by atoms with E-state index in [1.165, 1.54) is 5.56 Å². The Kier molecular flexibility index (Phi) is 3.09. The zero-order valence-electron chi connectivity index (χ0n) is 10.7. The number of hydrogen-bond donors (Lipinski definition) is 0. The van der Waals surface area contributed by atoms with Gasteiger partial charge >= 0.3 is 0 Å². The van der Waals surface area contributed by atoms with E-state index in [0.29, 0.717) is 4.87 Å². The molecule has 3 aromatic rings. The van der Waals surface area contributed by atoms with Crippen molar-refractivity contribution >= 4 is 27.3 Å². The monoisotopic (exact) mass is 271 g/mol. The summed E-state index contributed by atoms with van der Waals surface area (Å²) in [6.07, 6.45) is 0. The standard InChI is InChI=1S/C15H13NO2S/c1-10-3-8-13-14(9-10)19-15(18-13)16-11-4-6-12(17-2)7-5-11/h3-9H,1-2H3. The van der Waals surface area contributed by atoms with E-state index in [-0.39, 0.29) is 0 Å². The van der Waals surface area contributed by atoms with Gasteiger partial charge in [0.1, 0.15) is 11.3 Å². The van der Waals surface area contributed by atoms with Gasteiger partial charge in [0.05, 0.1) is 17.5 Å². The number of hydrogen-bond acceptors (Lipinski definition) is 4. The van der Waals surface area contributed by atoms with E-state index in [0.717, 1.165) is 21.7 Å². The van der Waals surface area contributed by atoms with Crippen LogP contribution in [0.5, 0.6) is 5.75 Å². The Hall–Kier alpha value is -2.07. The van der Waals surface area contributed by atoms with Gasteiger partial charge in [0.25, 0.3) is 4.87 Å². The highest BCUT2D eigenvalue weighted by atomic mass is 32.1. The maximum atomic E-state index is 5.70. The van der Waals surface area contributed by atoms with Crippen LogP contribution in [0.3, 0.4) is 0 Å². The molecular formula is C15H13NO2S. The van der Waals surface area contributed by atoms with Gasteiger partial charge in [0.2, 0.25) is 0 Å². The molecule has 0 saturated heterocycles. The highest BCUT2D eigenvalue weighted by Gasteiger charge is 2.00. The Morgan fingerprint density at radius 1 is 1.11 bits per heavy atom. The number of rotatable bonds is 2. The number of ether oxygens (including phenoxy) is 1. The van der Waals surface area contributed by atoms with Crippen molar-refractivity contribution in [3.63, 3.8) is 0 Å². The fourth-order valence-electron chi connectivity index (χ4n) is 1.80. The van der Waals surface area contributed by atoms with Crippen molar-refractivity contribution in [2.75, 3.05) is 7.11 Å². The molecular weight excluding hydrogens is 258 g/mol. The fraction of sp³-hybridized carbons (Fsp3) is 0.133. The minimum absolute atomic E-state index is 0.658. The lowest BCUT2D eigenvalue weighted by atomic mass is 10.2. The molecule has 0 spiro atoms. The fourth-order valence-corrected chi connectivity index (χ4v) is 2.72. The van der Waals surface area contributed by atoms with E-state index < -0.39 is 0 Å². The molecule has 0 amide bonds. The molecule has 0 aliphatic carbocycles. The number of aryl methyl sites for hydroxylation is 1. The van der Waals surface area contributed by atoms with Crippen LogP contribution in [0.1, 0.15) is 5.56 Å². The summed E-state index contributed by atoms with van der Waals surface area (Å²) < 4.78 is 11.9. The van der Waals surface area contributed by atoms with Crippen molar-refractivity contribution in [2.45, 2.75) is 6.92 Å². The molecule has 1 heterocycles. The smallest absolute Gasteiger partial charge is 0.279 e. The van der Waals surface area contributed by atoms with Gasteiger partial charge in [0.15, 0.2) is 0 Å². The third-order valence-electron chi connectivity index (χ3n) is 2.79. The molecule has 96 valence electrons. The van der Waals surface area contributed by atoms with E-state index in [1.807, 2.05) is 36.4 Å². The molecule has 2 aromatic carbocycles. The van der Waals surface area contributed by atoms with Crippen molar-refractivity contribution < 1.29 is 9.15 Å². The molecule has 0 aliphatic heterocycles. The van der Waals surface area contributed by atoms with Gasteiger partial charge in [-0.1, -0.05) is 17.4 Å². The molecule has 0 unspecified atom stereocenters. The van der Waals surface area contributed by atoms with Gasteiger partial charge in [-0.15, -0.1) is 0 Å². The Morgan fingerprint density at radius 3 is 2.63 bits per heavy atom.